The Morgan fingerprint density at radius 2 is 1.77 bits per heavy atom. The number of carbonyl (C=O) groups excluding carboxylic acids is 1. The fourth-order valence-corrected chi connectivity index (χ4v) is 3.01. The lowest BCUT2D eigenvalue weighted by Gasteiger charge is -2.22. The van der Waals surface area contributed by atoms with E-state index in [-0.39, 0.29) is 19.1 Å². The molecule has 1 N–H and O–H groups in total. The highest BCUT2D eigenvalue weighted by molar-refractivity contribution is 5.95. The zero-order valence-electron chi connectivity index (χ0n) is 15.1. The van der Waals surface area contributed by atoms with E-state index in [9.17, 15) is 9.90 Å². The molecule has 3 aromatic rings. The zero-order valence-corrected chi connectivity index (χ0v) is 15.1. The van der Waals surface area contributed by atoms with Crippen molar-refractivity contribution in [2.75, 3.05) is 13.2 Å². The molecule has 1 aromatic heterocycles. The van der Waals surface area contributed by atoms with Crippen LogP contribution in [0.5, 0.6) is 0 Å². The number of para-hydroxylation sites is 1. The fourth-order valence-electron chi connectivity index (χ4n) is 3.01. The molecule has 2 aromatic carbocycles. The third kappa shape index (κ3) is 3.68. The second kappa shape index (κ2) is 7.97. The topological polar surface area (TPSA) is 58.4 Å². The van der Waals surface area contributed by atoms with Crippen LogP contribution in [-0.2, 0) is 6.54 Å². The van der Waals surface area contributed by atoms with E-state index < -0.39 is 0 Å². The third-order valence-electron chi connectivity index (χ3n) is 4.46. The van der Waals surface area contributed by atoms with Crippen molar-refractivity contribution in [2.24, 2.45) is 0 Å². The molecule has 0 aliphatic rings. The molecule has 0 bridgehead atoms. The molecule has 5 nitrogen and oxygen atoms in total. The van der Waals surface area contributed by atoms with Gasteiger partial charge >= 0.3 is 0 Å². The van der Waals surface area contributed by atoms with Crippen molar-refractivity contribution in [3.8, 4) is 5.69 Å². The van der Waals surface area contributed by atoms with Crippen molar-refractivity contribution in [3.05, 3.63) is 83.2 Å². The zero-order chi connectivity index (χ0) is 18.5. The fraction of sp³-hybridized carbons (Fsp3) is 0.238. The number of aliphatic hydroxyl groups excluding tert-OH is 1. The van der Waals surface area contributed by atoms with Gasteiger partial charge in [0, 0.05) is 13.1 Å². The molecule has 1 heterocycles. The van der Waals surface area contributed by atoms with E-state index in [0.717, 1.165) is 22.5 Å². The highest BCUT2D eigenvalue weighted by atomic mass is 16.3. The average molecular weight is 349 g/mol. The molecule has 3 rings (SSSR count). The Balaban J connectivity index is 1.89. The molecule has 134 valence electrons. The van der Waals surface area contributed by atoms with Gasteiger partial charge in [-0.2, -0.15) is 5.10 Å². The number of hydrogen-bond donors (Lipinski definition) is 1. The van der Waals surface area contributed by atoms with Crippen LogP contribution in [0.4, 0.5) is 0 Å². The van der Waals surface area contributed by atoms with Gasteiger partial charge in [-0.1, -0.05) is 48.5 Å². The first-order valence-corrected chi connectivity index (χ1v) is 8.66. The Morgan fingerprint density at radius 3 is 2.46 bits per heavy atom. The van der Waals surface area contributed by atoms with Crippen LogP contribution in [0.25, 0.3) is 5.69 Å². The maximum atomic E-state index is 13.1. The van der Waals surface area contributed by atoms with Crippen LogP contribution in [0, 0.1) is 13.8 Å². The number of amides is 1. The summed E-state index contributed by atoms with van der Waals surface area (Å²) in [6.07, 6.45) is 1.61. The van der Waals surface area contributed by atoms with Crippen LogP contribution in [0.3, 0.4) is 0 Å². The minimum atomic E-state index is -0.125. The summed E-state index contributed by atoms with van der Waals surface area (Å²) < 4.78 is 1.79. The Labute approximate surface area is 153 Å². The van der Waals surface area contributed by atoms with E-state index in [1.54, 1.807) is 15.8 Å². The summed E-state index contributed by atoms with van der Waals surface area (Å²) in [6, 6.07) is 17.7. The molecular weight excluding hydrogens is 326 g/mol. The number of nitrogens with zero attached hydrogens (tertiary/aromatic N) is 3. The van der Waals surface area contributed by atoms with Crippen LogP contribution in [-0.4, -0.2) is 38.8 Å². The molecule has 0 aliphatic heterocycles. The van der Waals surface area contributed by atoms with Gasteiger partial charge in [-0.15, -0.1) is 0 Å². The van der Waals surface area contributed by atoms with Crippen LogP contribution in [0.1, 0.15) is 27.2 Å². The third-order valence-corrected chi connectivity index (χ3v) is 4.46. The molecule has 0 radical (unpaired) electrons. The standard InChI is InChI=1S/C21H23N3O2/c1-16-8-6-7-11-20(16)24-17(2)19(14-22-24)21(26)23(12-13-25)15-18-9-4-3-5-10-18/h3-11,14,25H,12-13,15H2,1-2H3. The maximum Gasteiger partial charge on any atom is 0.257 e. The van der Waals surface area contributed by atoms with Gasteiger partial charge in [0.1, 0.15) is 0 Å². The summed E-state index contributed by atoms with van der Waals surface area (Å²) in [5.41, 5.74) is 4.42. The first-order chi connectivity index (χ1) is 12.6. The number of carbonyl (C=O) groups is 1. The normalized spacial score (nSPS) is 10.7. The van der Waals surface area contributed by atoms with Crippen molar-refractivity contribution in [1.29, 1.82) is 0 Å². The predicted molar refractivity (Wildman–Crippen MR) is 101 cm³/mol. The SMILES string of the molecule is Cc1ccccc1-n1ncc(C(=O)N(CCO)Cc2ccccc2)c1C. The van der Waals surface area contributed by atoms with E-state index in [1.807, 2.05) is 68.4 Å². The van der Waals surface area contributed by atoms with Crippen LogP contribution in [0.2, 0.25) is 0 Å². The quantitative estimate of drug-likeness (QED) is 0.744. The lowest BCUT2D eigenvalue weighted by Crippen LogP contribution is -2.33. The van der Waals surface area contributed by atoms with Gasteiger partial charge < -0.3 is 10.0 Å². The van der Waals surface area contributed by atoms with Crippen molar-refractivity contribution in [1.82, 2.24) is 14.7 Å². The van der Waals surface area contributed by atoms with E-state index in [2.05, 4.69) is 5.10 Å². The highest BCUT2D eigenvalue weighted by Gasteiger charge is 2.21. The number of aromatic nitrogens is 2. The molecule has 0 atom stereocenters. The van der Waals surface area contributed by atoms with E-state index in [0.29, 0.717) is 12.1 Å². The Morgan fingerprint density at radius 1 is 1.08 bits per heavy atom. The van der Waals surface area contributed by atoms with Gasteiger partial charge in [-0.3, -0.25) is 4.79 Å². The number of aryl methyl sites for hydroxylation is 1. The number of aliphatic hydroxyl groups is 1. The van der Waals surface area contributed by atoms with Gasteiger partial charge in [-0.25, -0.2) is 4.68 Å². The first kappa shape index (κ1) is 17.9. The number of rotatable bonds is 6. The van der Waals surface area contributed by atoms with Gasteiger partial charge in [0.05, 0.1) is 29.7 Å². The van der Waals surface area contributed by atoms with Crippen molar-refractivity contribution in [3.63, 3.8) is 0 Å². The van der Waals surface area contributed by atoms with E-state index >= 15 is 0 Å². The Hall–Kier alpha value is -2.92. The molecule has 0 spiro atoms. The molecule has 0 aliphatic carbocycles. The minimum Gasteiger partial charge on any atom is -0.395 e. The summed E-state index contributed by atoms with van der Waals surface area (Å²) in [5.74, 6) is -0.125. The summed E-state index contributed by atoms with van der Waals surface area (Å²) in [6.45, 7) is 4.57. The smallest absolute Gasteiger partial charge is 0.257 e. The van der Waals surface area contributed by atoms with Crippen molar-refractivity contribution < 1.29 is 9.90 Å². The van der Waals surface area contributed by atoms with Gasteiger partial charge in [-0.05, 0) is 31.0 Å². The molecule has 0 saturated carbocycles. The summed E-state index contributed by atoms with van der Waals surface area (Å²) in [4.78, 5) is 14.7. The summed E-state index contributed by atoms with van der Waals surface area (Å²) in [5, 5.41) is 13.8. The van der Waals surface area contributed by atoms with Crippen LogP contribution in [0.15, 0.2) is 60.8 Å². The molecule has 5 heteroatoms. The second-order valence-electron chi connectivity index (χ2n) is 6.28. The van der Waals surface area contributed by atoms with Gasteiger partial charge in [0.25, 0.3) is 5.91 Å². The molecular formula is C21H23N3O2. The molecule has 26 heavy (non-hydrogen) atoms. The monoisotopic (exact) mass is 349 g/mol. The Bertz CT molecular complexity index is 887. The lowest BCUT2D eigenvalue weighted by atomic mass is 10.1. The van der Waals surface area contributed by atoms with Crippen molar-refractivity contribution in [2.45, 2.75) is 20.4 Å². The highest BCUT2D eigenvalue weighted by Crippen LogP contribution is 2.19. The van der Waals surface area contributed by atoms with E-state index in [1.165, 1.54) is 0 Å². The Kier molecular flexibility index (Phi) is 5.49. The van der Waals surface area contributed by atoms with E-state index in [4.69, 9.17) is 0 Å². The minimum absolute atomic E-state index is 0.0798. The summed E-state index contributed by atoms with van der Waals surface area (Å²) >= 11 is 0. The number of benzene rings is 2. The van der Waals surface area contributed by atoms with Crippen molar-refractivity contribution >= 4 is 5.91 Å². The first-order valence-electron chi connectivity index (χ1n) is 8.66. The summed E-state index contributed by atoms with van der Waals surface area (Å²) in [7, 11) is 0. The lowest BCUT2D eigenvalue weighted by molar-refractivity contribution is 0.0707. The molecule has 0 fully saturated rings. The maximum absolute atomic E-state index is 13.1. The average Bonchev–Trinajstić information content (AvgIpc) is 3.03. The predicted octanol–water partition coefficient (Wildman–Crippen LogP) is 3.12. The van der Waals surface area contributed by atoms with Gasteiger partial charge in [0.15, 0.2) is 0 Å². The second-order valence-corrected chi connectivity index (χ2v) is 6.28. The van der Waals surface area contributed by atoms with Crippen LogP contribution < -0.4 is 0 Å². The number of hydrogen-bond acceptors (Lipinski definition) is 3. The van der Waals surface area contributed by atoms with Gasteiger partial charge in [0.2, 0.25) is 0 Å². The molecule has 0 unspecified atom stereocenters. The largest absolute Gasteiger partial charge is 0.395 e. The molecule has 0 saturated heterocycles. The molecule has 1 amide bonds. The van der Waals surface area contributed by atoms with Crippen LogP contribution >= 0.6 is 0 Å².